The molecular weight excluding hydrogens is 257 g/mol. The Kier molecular flexibility index (Phi) is 2.08. The molecule has 15 heavy (non-hydrogen) atoms. The second kappa shape index (κ2) is 3.11. The second-order valence-corrected chi connectivity index (χ2v) is 6.92. The van der Waals surface area contributed by atoms with E-state index in [1.54, 1.807) is 38.5 Å². The normalized spacial score (nSPS) is 63.6. The Morgan fingerprint density at radius 3 is 1.40 bits per heavy atom. The van der Waals surface area contributed by atoms with E-state index < -0.39 is 0 Å². The molecule has 1 heteroatoms. The molecule has 79 valence electrons. The van der Waals surface area contributed by atoms with Crippen molar-refractivity contribution in [2.24, 2.45) is 41.4 Å². The summed E-state index contributed by atoms with van der Waals surface area (Å²) >= 11 is 0. The molecule has 7 fully saturated rings. The molecule has 0 atom stereocenters. The van der Waals surface area contributed by atoms with E-state index in [-0.39, 0.29) is 32.7 Å². The maximum absolute atomic E-state index is 1.99. The van der Waals surface area contributed by atoms with Crippen LogP contribution < -0.4 is 0 Å². The zero-order chi connectivity index (χ0) is 8.86. The fourth-order valence-corrected chi connectivity index (χ4v) is 6.56. The summed E-state index contributed by atoms with van der Waals surface area (Å²) in [6.07, 6.45) is 9.64. The molecule has 0 aromatic heterocycles. The van der Waals surface area contributed by atoms with Gasteiger partial charge in [0.05, 0.1) is 0 Å². The van der Waals surface area contributed by atoms with E-state index in [1.165, 1.54) is 41.4 Å². The maximum Gasteiger partial charge on any atom is 0 e. The Labute approximate surface area is 118 Å². The van der Waals surface area contributed by atoms with Gasteiger partial charge >= 0.3 is 0 Å². The first kappa shape index (κ1) is 10.1. The van der Waals surface area contributed by atoms with Crippen molar-refractivity contribution in [3.8, 4) is 0 Å². The summed E-state index contributed by atoms with van der Waals surface area (Å²) in [6.45, 7) is 0. The molecule has 0 spiro atoms. The van der Waals surface area contributed by atoms with E-state index in [1.807, 2.05) is 5.92 Å². The van der Waals surface area contributed by atoms with Gasteiger partial charge in [-0.2, -0.15) is 19.3 Å². The minimum Gasteiger partial charge on any atom is -0.313 e. The Bertz CT molecular complexity index is 210. The predicted octanol–water partition coefficient (Wildman–Crippen LogP) is 3.28. The van der Waals surface area contributed by atoms with Crippen LogP contribution in [0.3, 0.4) is 0 Å². The molecule has 0 aliphatic heterocycles. The second-order valence-electron chi connectivity index (χ2n) is 6.92. The standard InChI is InChI=1S/C14H19.Y/c1-7-2-12-10-4-8-5-11(9(1)10)13(3-7)14(12)6-8;/h7,9-14H,1-6H2;/q-1;. The zero-order valence-corrected chi connectivity index (χ0v) is 12.2. The van der Waals surface area contributed by atoms with Crippen molar-refractivity contribution >= 4 is 0 Å². The quantitative estimate of drug-likeness (QED) is 0.596. The maximum atomic E-state index is 1.99. The molecule has 8 bridgehead atoms. The monoisotopic (exact) mass is 276 g/mol. The van der Waals surface area contributed by atoms with E-state index in [0.29, 0.717) is 0 Å². The smallest absolute Gasteiger partial charge is 0 e. The summed E-state index contributed by atoms with van der Waals surface area (Å²) in [6, 6.07) is 0. The minimum atomic E-state index is 0. The summed E-state index contributed by atoms with van der Waals surface area (Å²) in [5.74, 6) is 10.4. The van der Waals surface area contributed by atoms with Crippen LogP contribution in [0.2, 0.25) is 0 Å². The van der Waals surface area contributed by atoms with Crippen LogP contribution in [0.1, 0.15) is 38.5 Å². The molecule has 7 aliphatic carbocycles. The van der Waals surface area contributed by atoms with E-state index in [4.69, 9.17) is 0 Å². The van der Waals surface area contributed by atoms with Crippen LogP contribution in [-0.2, 0) is 32.7 Å². The molecule has 0 nitrogen and oxygen atoms in total. The molecule has 7 rings (SSSR count). The Hall–Kier alpha value is 1.10. The molecule has 0 amide bonds. The van der Waals surface area contributed by atoms with Crippen LogP contribution in [0, 0.1) is 47.3 Å². The van der Waals surface area contributed by atoms with Gasteiger partial charge in [0, 0.05) is 32.7 Å². The first-order valence-corrected chi connectivity index (χ1v) is 6.73. The molecule has 0 unspecified atom stereocenters. The summed E-state index contributed by atoms with van der Waals surface area (Å²) < 4.78 is 0. The van der Waals surface area contributed by atoms with Gasteiger partial charge in [-0.15, -0.1) is 0 Å². The van der Waals surface area contributed by atoms with Crippen molar-refractivity contribution in [3.05, 3.63) is 5.92 Å². The Morgan fingerprint density at radius 2 is 1.00 bits per heavy atom. The third-order valence-electron chi connectivity index (χ3n) is 6.69. The predicted molar refractivity (Wildman–Crippen MR) is 55.4 cm³/mol. The largest absolute Gasteiger partial charge is 0.313 e. The van der Waals surface area contributed by atoms with Crippen LogP contribution in [0.5, 0.6) is 0 Å². The van der Waals surface area contributed by atoms with E-state index in [9.17, 15) is 0 Å². The van der Waals surface area contributed by atoms with Crippen molar-refractivity contribution in [1.29, 1.82) is 0 Å². The fourth-order valence-electron chi connectivity index (χ4n) is 6.56. The first-order chi connectivity index (χ1) is 6.90. The molecule has 7 aliphatic rings. The SMILES string of the molecule is C1[C-]2CC3C4CC5CC(C14)C(C2)C3C5.[Y]. The average molecular weight is 276 g/mol. The number of hydrogen-bond acceptors (Lipinski definition) is 0. The average Bonchev–Trinajstić information content (AvgIpc) is 2.24. The van der Waals surface area contributed by atoms with Crippen molar-refractivity contribution in [3.63, 3.8) is 0 Å². The Balaban J connectivity index is 0.000000648. The summed E-state index contributed by atoms with van der Waals surface area (Å²) in [7, 11) is 0. The molecule has 0 aromatic rings. The van der Waals surface area contributed by atoms with Gasteiger partial charge in [0.15, 0.2) is 0 Å². The molecular formula is C14H19Y-. The third kappa shape index (κ3) is 1.08. The van der Waals surface area contributed by atoms with Gasteiger partial charge in [0.25, 0.3) is 0 Å². The van der Waals surface area contributed by atoms with Crippen LogP contribution in [0.15, 0.2) is 0 Å². The van der Waals surface area contributed by atoms with Gasteiger partial charge in [-0.05, 0) is 42.9 Å². The van der Waals surface area contributed by atoms with E-state index in [2.05, 4.69) is 0 Å². The van der Waals surface area contributed by atoms with Crippen LogP contribution in [0.25, 0.3) is 0 Å². The molecule has 0 saturated heterocycles. The number of hydrogen-bond donors (Lipinski definition) is 0. The Morgan fingerprint density at radius 1 is 0.600 bits per heavy atom. The summed E-state index contributed by atoms with van der Waals surface area (Å²) in [4.78, 5) is 0. The van der Waals surface area contributed by atoms with Crippen LogP contribution in [0.4, 0.5) is 0 Å². The van der Waals surface area contributed by atoms with E-state index in [0.717, 1.165) is 0 Å². The summed E-state index contributed by atoms with van der Waals surface area (Å²) in [5, 5.41) is 0. The molecule has 0 heterocycles. The first-order valence-electron chi connectivity index (χ1n) is 6.73. The van der Waals surface area contributed by atoms with Gasteiger partial charge in [-0.1, -0.05) is 17.8 Å². The molecule has 1 radical (unpaired) electrons. The van der Waals surface area contributed by atoms with Gasteiger partial charge in [-0.25, -0.2) is 0 Å². The van der Waals surface area contributed by atoms with Crippen molar-refractivity contribution < 1.29 is 32.7 Å². The third-order valence-corrected chi connectivity index (χ3v) is 6.69. The topological polar surface area (TPSA) is 0 Å². The molecule has 7 saturated carbocycles. The van der Waals surface area contributed by atoms with E-state index >= 15 is 0 Å². The van der Waals surface area contributed by atoms with Crippen molar-refractivity contribution in [2.75, 3.05) is 0 Å². The fraction of sp³-hybridized carbons (Fsp3) is 0.929. The number of rotatable bonds is 0. The zero-order valence-electron chi connectivity index (χ0n) is 9.36. The summed E-state index contributed by atoms with van der Waals surface area (Å²) in [5.41, 5.74) is 0. The van der Waals surface area contributed by atoms with Crippen LogP contribution in [-0.4, -0.2) is 0 Å². The van der Waals surface area contributed by atoms with Gasteiger partial charge in [-0.3, -0.25) is 0 Å². The molecule has 0 aromatic carbocycles. The van der Waals surface area contributed by atoms with Crippen LogP contribution >= 0.6 is 0 Å². The van der Waals surface area contributed by atoms with Crippen molar-refractivity contribution in [1.82, 2.24) is 0 Å². The van der Waals surface area contributed by atoms with Crippen molar-refractivity contribution in [2.45, 2.75) is 38.5 Å². The molecule has 0 N–H and O–H groups in total. The van der Waals surface area contributed by atoms with Gasteiger partial charge in [0.1, 0.15) is 0 Å². The van der Waals surface area contributed by atoms with Gasteiger partial charge in [0.2, 0.25) is 0 Å². The van der Waals surface area contributed by atoms with Gasteiger partial charge < -0.3 is 5.92 Å². The minimum absolute atomic E-state index is 0.